The Hall–Kier alpha value is -3.83. The highest BCUT2D eigenvalue weighted by Crippen LogP contribution is 2.25. The van der Waals surface area contributed by atoms with Crippen molar-refractivity contribution >= 4 is 28.7 Å². The van der Waals surface area contributed by atoms with Gasteiger partial charge in [-0.15, -0.1) is 5.84 Å². The first kappa shape index (κ1) is 18.2. The molecule has 0 aliphatic carbocycles. The van der Waals surface area contributed by atoms with E-state index in [1.807, 2.05) is 42.5 Å². The van der Waals surface area contributed by atoms with Crippen molar-refractivity contribution in [3.63, 3.8) is 0 Å². The first-order valence-corrected chi connectivity index (χ1v) is 9.35. The number of hydrogen-bond donors (Lipinski definition) is 2. The van der Waals surface area contributed by atoms with E-state index in [9.17, 15) is 5.11 Å². The Balaban J connectivity index is 1.45. The molecule has 2 atom stereocenters. The van der Waals surface area contributed by atoms with Gasteiger partial charge in [0.1, 0.15) is 11.8 Å². The van der Waals surface area contributed by atoms with E-state index in [1.54, 1.807) is 31.5 Å². The third-order valence-electron chi connectivity index (χ3n) is 4.97. The molecule has 1 aromatic heterocycles. The fourth-order valence-electron chi connectivity index (χ4n) is 3.31. The van der Waals surface area contributed by atoms with E-state index in [0.29, 0.717) is 28.7 Å². The van der Waals surface area contributed by atoms with Crippen LogP contribution in [0, 0.1) is 11.8 Å². The molecule has 146 valence electrons. The standard InChI is InChI=1S/C23H18N5O2/c1-23(29,18-9-8-16-5-2-3-6-17(16)13-18)11-10-19-15-28(24)21(14-25-19)26-22(27-28)20-7-4-12-30-20/h2-9,12-15,29H,24H2,1H3/q+1. The van der Waals surface area contributed by atoms with Crippen LogP contribution in [0.4, 0.5) is 0 Å². The number of nitrogens with zero attached hydrogens (tertiary/aromatic N) is 4. The van der Waals surface area contributed by atoms with Crippen molar-refractivity contribution < 1.29 is 14.2 Å². The Bertz CT molecular complexity index is 1340. The van der Waals surface area contributed by atoms with Crippen LogP contribution in [0.25, 0.3) is 10.8 Å². The Morgan fingerprint density at radius 1 is 1.10 bits per heavy atom. The molecular weight excluding hydrogens is 378 g/mol. The maximum absolute atomic E-state index is 10.9. The van der Waals surface area contributed by atoms with Gasteiger partial charge in [0.25, 0.3) is 11.7 Å². The van der Waals surface area contributed by atoms with Crippen molar-refractivity contribution in [1.29, 1.82) is 0 Å². The summed E-state index contributed by atoms with van der Waals surface area (Å²) in [5.74, 6) is 13.5. The van der Waals surface area contributed by atoms with Crippen molar-refractivity contribution in [2.75, 3.05) is 0 Å². The summed E-state index contributed by atoms with van der Waals surface area (Å²) >= 11 is 0. The van der Waals surface area contributed by atoms with E-state index in [1.165, 1.54) is 6.21 Å². The van der Waals surface area contributed by atoms with Crippen molar-refractivity contribution in [3.05, 3.63) is 84.1 Å². The normalized spacial score (nSPS) is 21.8. The maximum Gasteiger partial charge on any atom is 0.300 e. The summed E-state index contributed by atoms with van der Waals surface area (Å²) in [6.45, 7) is 1.65. The van der Waals surface area contributed by atoms with Gasteiger partial charge in [-0.05, 0) is 57.2 Å². The Morgan fingerprint density at radius 2 is 1.93 bits per heavy atom. The summed E-state index contributed by atoms with van der Waals surface area (Å²) < 4.78 is 4.94. The van der Waals surface area contributed by atoms with Crippen molar-refractivity contribution in [3.8, 4) is 11.8 Å². The number of rotatable bonds is 2. The minimum atomic E-state index is -1.36. The lowest BCUT2D eigenvalue weighted by molar-refractivity contribution is -0.803. The van der Waals surface area contributed by atoms with Gasteiger partial charge in [-0.2, -0.15) is 4.99 Å². The van der Waals surface area contributed by atoms with Gasteiger partial charge in [0, 0.05) is 0 Å². The van der Waals surface area contributed by atoms with Gasteiger partial charge >= 0.3 is 0 Å². The molecule has 5 rings (SSSR count). The molecule has 3 aromatic rings. The molecule has 7 nitrogen and oxygen atoms in total. The SMILES string of the molecule is CC(O)(C#CC1=C[N+]2(N)N=C(c3ccco3)N=C2C=N1)c1ccc2ccccc2c1. The molecular formula is C23H18N5O2+. The highest BCUT2D eigenvalue weighted by atomic mass is 16.3. The molecule has 0 fully saturated rings. The molecule has 0 bridgehead atoms. The number of hydrogen-bond acceptors (Lipinski definition) is 6. The number of allylic oxidation sites excluding steroid dienone is 1. The van der Waals surface area contributed by atoms with E-state index < -0.39 is 10.3 Å². The number of quaternary nitrogens is 1. The summed E-state index contributed by atoms with van der Waals surface area (Å²) in [5, 5.41) is 17.5. The number of nitrogens with two attached hydrogens (primary N) is 1. The van der Waals surface area contributed by atoms with Crippen LogP contribution in [0.5, 0.6) is 0 Å². The molecule has 30 heavy (non-hydrogen) atoms. The van der Waals surface area contributed by atoms with Crippen LogP contribution in [-0.2, 0) is 5.60 Å². The summed E-state index contributed by atoms with van der Waals surface area (Å²) in [6.07, 6.45) is 4.65. The average Bonchev–Trinajstić information content (AvgIpc) is 3.39. The first-order chi connectivity index (χ1) is 14.4. The molecule has 0 saturated carbocycles. The first-order valence-electron chi connectivity index (χ1n) is 9.35. The zero-order chi connectivity index (χ0) is 20.8. The second-order valence-corrected chi connectivity index (χ2v) is 7.27. The van der Waals surface area contributed by atoms with E-state index in [2.05, 4.69) is 26.9 Å². The summed E-state index contributed by atoms with van der Waals surface area (Å²) in [5.41, 5.74) is -0.267. The van der Waals surface area contributed by atoms with Gasteiger partial charge < -0.3 is 9.52 Å². The molecule has 2 unspecified atom stereocenters. The Kier molecular flexibility index (Phi) is 4.01. The van der Waals surface area contributed by atoms with Gasteiger partial charge in [-0.3, -0.25) is 0 Å². The second kappa shape index (κ2) is 6.61. The molecule has 0 spiro atoms. The number of benzene rings is 2. The minimum absolute atomic E-state index is 0.387. The van der Waals surface area contributed by atoms with Crippen LogP contribution in [-0.4, -0.2) is 27.7 Å². The molecule has 3 N–H and O–H groups in total. The molecule has 2 aliphatic heterocycles. The summed E-state index contributed by atoms with van der Waals surface area (Å²) in [7, 11) is 0. The third-order valence-corrected chi connectivity index (χ3v) is 4.97. The number of fused-ring (bicyclic) bond motifs is 2. The number of aliphatic imine (C=N–C) groups is 2. The van der Waals surface area contributed by atoms with Crippen LogP contribution in [0.3, 0.4) is 0 Å². The number of amidine groups is 2. The lowest BCUT2D eigenvalue weighted by atomic mass is 9.94. The second-order valence-electron chi connectivity index (χ2n) is 7.27. The van der Waals surface area contributed by atoms with Gasteiger partial charge in [-0.25, -0.2) is 4.99 Å². The van der Waals surface area contributed by atoms with Crippen LogP contribution in [0.2, 0.25) is 0 Å². The summed E-state index contributed by atoms with van der Waals surface area (Å²) in [4.78, 5) is 8.67. The van der Waals surface area contributed by atoms with Crippen LogP contribution in [0.1, 0.15) is 18.2 Å². The van der Waals surface area contributed by atoms with E-state index >= 15 is 0 Å². The van der Waals surface area contributed by atoms with Crippen molar-refractivity contribution in [2.24, 2.45) is 20.9 Å². The Morgan fingerprint density at radius 3 is 2.73 bits per heavy atom. The predicted molar refractivity (Wildman–Crippen MR) is 115 cm³/mol. The van der Waals surface area contributed by atoms with Crippen LogP contribution >= 0.6 is 0 Å². The molecule has 3 heterocycles. The maximum atomic E-state index is 10.9. The lowest BCUT2D eigenvalue weighted by Gasteiger charge is -2.19. The fraction of sp³-hybridized carbons (Fsp3) is 0.0870. The van der Waals surface area contributed by atoms with E-state index in [0.717, 1.165) is 10.8 Å². The minimum Gasteiger partial charge on any atom is -0.461 e. The molecule has 0 radical (unpaired) electrons. The van der Waals surface area contributed by atoms with Crippen molar-refractivity contribution in [2.45, 2.75) is 12.5 Å². The van der Waals surface area contributed by atoms with E-state index in [-0.39, 0.29) is 0 Å². The topological polar surface area (TPSA) is 96.5 Å². The van der Waals surface area contributed by atoms with Crippen LogP contribution in [0.15, 0.2) is 92.3 Å². The third kappa shape index (κ3) is 3.15. The van der Waals surface area contributed by atoms with Crippen molar-refractivity contribution in [1.82, 2.24) is 0 Å². The monoisotopic (exact) mass is 396 g/mol. The van der Waals surface area contributed by atoms with Gasteiger partial charge in [0.05, 0.1) is 6.26 Å². The quantitative estimate of drug-likeness (QED) is 0.396. The molecule has 0 saturated heterocycles. The highest BCUT2D eigenvalue weighted by Gasteiger charge is 2.39. The van der Waals surface area contributed by atoms with Gasteiger partial charge in [0.15, 0.2) is 17.7 Å². The zero-order valence-corrected chi connectivity index (χ0v) is 16.1. The molecule has 7 heteroatoms. The average molecular weight is 396 g/mol. The summed E-state index contributed by atoms with van der Waals surface area (Å²) in [6, 6.07) is 17.3. The predicted octanol–water partition coefficient (Wildman–Crippen LogP) is 3.03. The number of aliphatic hydroxyl groups is 1. The van der Waals surface area contributed by atoms with Gasteiger partial charge in [0.2, 0.25) is 0 Å². The smallest absolute Gasteiger partial charge is 0.300 e. The fourth-order valence-corrected chi connectivity index (χ4v) is 3.31. The lowest BCUT2D eigenvalue weighted by Crippen LogP contribution is -2.50. The number of furan rings is 1. The molecule has 2 aliphatic rings. The molecule has 0 amide bonds. The zero-order valence-electron chi connectivity index (χ0n) is 16.1. The largest absolute Gasteiger partial charge is 0.461 e. The van der Waals surface area contributed by atoms with Crippen LogP contribution < -0.4 is 5.84 Å². The Labute approximate surface area is 172 Å². The van der Waals surface area contributed by atoms with E-state index in [4.69, 9.17) is 10.3 Å². The highest BCUT2D eigenvalue weighted by molar-refractivity contribution is 6.31. The molecule has 2 aromatic carbocycles. The van der Waals surface area contributed by atoms with Gasteiger partial charge in [-0.1, -0.05) is 42.3 Å².